The fourth-order valence-corrected chi connectivity index (χ4v) is 2.55. The maximum atomic E-state index is 11.3. The molecule has 0 aliphatic rings. The number of ether oxygens (including phenoxy) is 1. The first-order valence-electron chi connectivity index (χ1n) is 6.48. The minimum atomic E-state index is -0.175. The van der Waals surface area contributed by atoms with Crippen LogP contribution in [0.5, 0.6) is 0 Å². The number of esters is 1. The Kier molecular flexibility index (Phi) is 5.11. The number of hydrogen-bond acceptors (Lipinski definition) is 6. The number of aromatic nitrogens is 3. The zero-order chi connectivity index (χ0) is 14.4. The van der Waals surface area contributed by atoms with Gasteiger partial charge in [0.1, 0.15) is 5.82 Å². The topological polar surface area (TPSA) is 71.1 Å². The van der Waals surface area contributed by atoms with Gasteiger partial charge in [0.25, 0.3) is 0 Å². The highest BCUT2D eigenvalue weighted by atomic mass is 32.1. The maximum absolute atomic E-state index is 11.3. The first-order valence-corrected chi connectivity index (χ1v) is 7.36. The summed E-state index contributed by atoms with van der Waals surface area (Å²) in [6.45, 7) is 2.91. The summed E-state index contributed by atoms with van der Waals surface area (Å²) in [4.78, 5) is 25.1. The van der Waals surface area contributed by atoms with Crippen LogP contribution in [0.2, 0.25) is 0 Å². The molecule has 0 aliphatic carbocycles. The lowest BCUT2D eigenvalue weighted by atomic mass is 10.2. The molecule has 20 heavy (non-hydrogen) atoms. The maximum Gasteiger partial charge on any atom is 0.306 e. The number of rotatable bonds is 7. The van der Waals surface area contributed by atoms with Gasteiger partial charge in [0.2, 0.25) is 0 Å². The summed E-state index contributed by atoms with van der Waals surface area (Å²) in [7, 11) is 1.97. The third kappa shape index (κ3) is 4.06. The van der Waals surface area contributed by atoms with Gasteiger partial charge in [-0.25, -0.2) is 9.97 Å². The standard InChI is InChI=1S/C13H18N4O2S/c1-3-19-12(18)5-4-10-9-20-13(16-10)17(2)8-11-14-6-7-15-11/h6-7,9H,3-5,8H2,1-2H3,(H,14,15). The van der Waals surface area contributed by atoms with Crippen molar-refractivity contribution in [3.63, 3.8) is 0 Å². The lowest BCUT2D eigenvalue weighted by molar-refractivity contribution is -0.143. The molecule has 7 heteroatoms. The van der Waals surface area contributed by atoms with Gasteiger partial charge in [-0.1, -0.05) is 0 Å². The van der Waals surface area contributed by atoms with Gasteiger partial charge in [-0.2, -0.15) is 0 Å². The van der Waals surface area contributed by atoms with Gasteiger partial charge < -0.3 is 14.6 Å². The summed E-state index contributed by atoms with van der Waals surface area (Å²) in [6, 6.07) is 0. The van der Waals surface area contributed by atoms with Crippen LogP contribution in [-0.2, 0) is 22.5 Å². The number of thiazole rings is 1. The highest BCUT2D eigenvalue weighted by Crippen LogP contribution is 2.21. The Balaban J connectivity index is 1.86. The number of aromatic amines is 1. The quantitative estimate of drug-likeness (QED) is 0.791. The van der Waals surface area contributed by atoms with Crippen LogP contribution in [0.4, 0.5) is 5.13 Å². The van der Waals surface area contributed by atoms with Gasteiger partial charge in [0, 0.05) is 31.2 Å². The molecule has 0 atom stereocenters. The van der Waals surface area contributed by atoms with E-state index in [0.717, 1.165) is 16.6 Å². The van der Waals surface area contributed by atoms with Crippen LogP contribution in [0.25, 0.3) is 0 Å². The summed E-state index contributed by atoms with van der Waals surface area (Å²) in [5, 5.41) is 2.90. The van der Waals surface area contributed by atoms with E-state index in [0.29, 0.717) is 26.0 Å². The fraction of sp³-hybridized carbons (Fsp3) is 0.462. The fourth-order valence-electron chi connectivity index (χ4n) is 1.73. The van der Waals surface area contributed by atoms with E-state index in [4.69, 9.17) is 4.74 Å². The summed E-state index contributed by atoms with van der Waals surface area (Å²) in [5.74, 6) is 0.724. The Morgan fingerprint density at radius 3 is 3.10 bits per heavy atom. The SMILES string of the molecule is CCOC(=O)CCc1csc(N(C)Cc2ncc[nH]2)n1. The number of H-pyrrole nitrogens is 1. The number of nitrogens with zero attached hydrogens (tertiary/aromatic N) is 3. The van der Waals surface area contributed by atoms with Gasteiger partial charge in [-0.3, -0.25) is 4.79 Å². The van der Waals surface area contributed by atoms with E-state index in [-0.39, 0.29) is 5.97 Å². The molecular weight excluding hydrogens is 276 g/mol. The normalized spacial score (nSPS) is 10.5. The van der Waals surface area contributed by atoms with E-state index < -0.39 is 0 Å². The Morgan fingerprint density at radius 2 is 2.40 bits per heavy atom. The molecule has 0 aromatic carbocycles. The lowest BCUT2D eigenvalue weighted by Gasteiger charge is -2.13. The van der Waals surface area contributed by atoms with E-state index in [9.17, 15) is 4.79 Å². The second-order valence-electron chi connectivity index (χ2n) is 4.32. The van der Waals surface area contributed by atoms with Crippen molar-refractivity contribution in [2.45, 2.75) is 26.3 Å². The van der Waals surface area contributed by atoms with Gasteiger partial charge in [-0.15, -0.1) is 11.3 Å². The van der Waals surface area contributed by atoms with Crippen LogP contribution in [0.15, 0.2) is 17.8 Å². The Bertz CT molecular complexity index is 538. The zero-order valence-electron chi connectivity index (χ0n) is 11.6. The summed E-state index contributed by atoms with van der Waals surface area (Å²) >= 11 is 1.57. The molecule has 2 aromatic rings. The number of nitrogens with one attached hydrogen (secondary N) is 1. The molecule has 0 radical (unpaired) electrons. The summed E-state index contributed by atoms with van der Waals surface area (Å²) < 4.78 is 4.90. The molecule has 0 spiro atoms. The Morgan fingerprint density at radius 1 is 1.55 bits per heavy atom. The van der Waals surface area contributed by atoms with Crippen molar-refractivity contribution >= 4 is 22.4 Å². The number of aryl methyl sites for hydroxylation is 1. The van der Waals surface area contributed by atoms with Gasteiger partial charge >= 0.3 is 5.97 Å². The molecule has 2 heterocycles. The van der Waals surface area contributed by atoms with Crippen LogP contribution >= 0.6 is 11.3 Å². The Hall–Kier alpha value is -1.89. The third-order valence-corrected chi connectivity index (χ3v) is 3.70. The van der Waals surface area contributed by atoms with Crippen molar-refractivity contribution in [2.75, 3.05) is 18.6 Å². The van der Waals surface area contributed by atoms with E-state index in [1.165, 1.54) is 0 Å². The first kappa shape index (κ1) is 14.5. The molecular formula is C13H18N4O2S. The van der Waals surface area contributed by atoms with Crippen molar-refractivity contribution in [3.8, 4) is 0 Å². The van der Waals surface area contributed by atoms with Crippen LogP contribution < -0.4 is 4.90 Å². The molecule has 0 bridgehead atoms. The molecule has 0 unspecified atom stereocenters. The smallest absolute Gasteiger partial charge is 0.306 e. The molecule has 2 aromatic heterocycles. The van der Waals surface area contributed by atoms with E-state index in [1.807, 2.05) is 24.3 Å². The molecule has 6 nitrogen and oxygen atoms in total. The van der Waals surface area contributed by atoms with Crippen LogP contribution in [0.1, 0.15) is 24.9 Å². The lowest BCUT2D eigenvalue weighted by Crippen LogP contribution is -2.17. The van der Waals surface area contributed by atoms with Crippen molar-refractivity contribution in [1.29, 1.82) is 0 Å². The predicted molar refractivity (Wildman–Crippen MR) is 77.8 cm³/mol. The van der Waals surface area contributed by atoms with E-state index >= 15 is 0 Å². The molecule has 2 rings (SSSR count). The zero-order valence-corrected chi connectivity index (χ0v) is 12.4. The largest absolute Gasteiger partial charge is 0.466 e. The van der Waals surface area contributed by atoms with Crippen molar-refractivity contribution in [3.05, 3.63) is 29.3 Å². The molecule has 0 saturated heterocycles. The number of carbonyl (C=O) groups excluding carboxylic acids is 1. The predicted octanol–water partition coefficient (Wildman–Crippen LogP) is 2.00. The van der Waals surface area contributed by atoms with Crippen LogP contribution in [0.3, 0.4) is 0 Å². The second kappa shape index (κ2) is 7.04. The van der Waals surface area contributed by atoms with E-state index in [1.54, 1.807) is 23.7 Å². The van der Waals surface area contributed by atoms with Gasteiger partial charge in [0.15, 0.2) is 5.13 Å². The monoisotopic (exact) mass is 294 g/mol. The van der Waals surface area contributed by atoms with Crippen LogP contribution in [-0.4, -0.2) is 34.6 Å². The Labute approximate surface area is 121 Å². The highest BCUT2D eigenvalue weighted by Gasteiger charge is 2.10. The number of imidazole rings is 1. The van der Waals surface area contributed by atoms with Crippen molar-refractivity contribution in [1.82, 2.24) is 15.0 Å². The molecule has 0 fully saturated rings. The second-order valence-corrected chi connectivity index (χ2v) is 5.15. The summed E-state index contributed by atoms with van der Waals surface area (Å²) in [5.41, 5.74) is 0.921. The van der Waals surface area contributed by atoms with E-state index in [2.05, 4.69) is 15.0 Å². The molecule has 0 aliphatic heterocycles. The first-order chi connectivity index (χ1) is 9.69. The number of hydrogen-bond donors (Lipinski definition) is 1. The number of anilines is 1. The third-order valence-electron chi connectivity index (χ3n) is 2.70. The molecule has 1 N–H and O–H groups in total. The molecule has 0 saturated carbocycles. The summed E-state index contributed by atoms with van der Waals surface area (Å²) in [6.07, 6.45) is 4.52. The molecule has 108 valence electrons. The average Bonchev–Trinajstić information content (AvgIpc) is 3.07. The minimum absolute atomic E-state index is 0.175. The number of carbonyl (C=O) groups is 1. The van der Waals surface area contributed by atoms with Gasteiger partial charge in [-0.05, 0) is 6.92 Å². The van der Waals surface area contributed by atoms with Gasteiger partial charge in [0.05, 0.1) is 25.3 Å². The average molecular weight is 294 g/mol. The van der Waals surface area contributed by atoms with Crippen molar-refractivity contribution in [2.24, 2.45) is 0 Å². The van der Waals surface area contributed by atoms with Crippen LogP contribution in [0, 0.1) is 0 Å². The minimum Gasteiger partial charge on any atom is -0.466 e. The molecule has 0 amide bonds. The van der Waals surface area contributed by atoms with Crippen molar-refractivity contribution < 1.29 is 9.53 Å². The highest BCUT2D eigenvalue weighted by molar-refractivity contribution is 7.13.